The number of unbranched alkanes of at least 4 members (excludes halogenated alkanes) is 2. The maximum Gasteiger partial charge on any atom is 1.00 e. The number of hydrogen-bond donors (Lipinski definition) is 2. The van der Waals surface area contributed by atoms with E-state index >= 15 is 0 Å². The summed E-state index contributed by atoms with van der Waals surface area (Å²) < 4.78 is 46.4. The average Bonchev–Trinajstić information content (AvgIpc) is 2.77. The van der Waals surface area contributed by atoms with Gasteiger partial charge in [-0.2, -0.15) is 8.42 Å². The molecule has 0 amide bonds. The third-order valence-corrected chi connectivity index (χ3v) is 6.26. The molecule has 3 atom stereocenters. The van der Waals surface area contributed by atoms with Crippen molar-refractivity contribution in [3.63, 3.8) is 0 Å². The van der Waals surface area contributed by atoms with Crippen LogP contribution in [0.2, 0.25) is 0 Å². The average molecular weight is 523 g/mol. The standard InChI is InChI=1S/C20H38O7S.C2H4O3.Na.H/c1-5-9-11-16(7-3)14-26-19(21)13-18(28(23,24)25)20(22)27-15-17(8-4)12-10-6-2;1-5-2(3)4;;/h16-18H,5-15H2,1-4H3,(H,23,24,25);1H3,(H,3,4);;/q;;+1;-1. The first-order valence-electron chi connectivity index (χ1n) is 11.5. The fourth-order valence-electron chi connectivity index (χ4n) is 2.82. The summed E-state index contributed by atoms with van der Waals surface area (Å²) >= 11 is 0. The molecule has 0 saturated heterocycles. The van der Waals surface area contributed by atoms with Gasteiger partial charge in [0, 0.05) is 0 Å². The number of carbonyl (C=O) groups excluding carboxylic acids is 2. The van der Waals surface area contributed by atoms with Gasteiger partial charge in [0.2, 0.25) is 0 Å². The second kappa shape index (κ2) is 22.6. The van der Waals surface area contributed by atoms with Crippen molar-refractivity contribution in [3.05, 3.63) is 0 Å². The fraction of sp³-hybridized carbons (Fsp3) is 0.864. The fourth-order valence-corrected chi connectivity index (χ4v) is 3.48. The van der Waals surface area contributed by atoms with E-state index in [2.05, 4.69) is 18.6 Å². The molecule has 0 aliphatic carbocycles. The van der Waals surface area contributed by atoms with Crippen molar-refractivity contribution in [3.8, 4) is 0 Å². The molecule has 0 radical (unpaired) electrons. The third-order valence-electron chi connectivity index (χ3n) is 5.18. The molecule has 0 aliphatic rings. The summed E-state index contributed by atoms with van der Waals surface area (Å²) in [6.45, 7) is 8.35. The summed E-state index contributed by atoms with van der Waals surface area (Å²) in [5.41, 5.74) is 0. The van der Waals surface area contributed by atoms with Crippen LogP contribution in [-0.2, 0) is 33.9 Å². The van der Waals surface area contributed by atoms with Gasteiger partial charge in [-0.3, -0.25) is 14.1 Å². The minimum absolute atomic E-state index is 0. The Morgan fingerprint density at radius 2 is 1.29 bits per heavy atom. The van der Waals surface area contributed by atoms with E-state index in [1.165, 1.54) is 0 Å². The molecule has 0 aromatic heterocycles. The van der Waals surface area contributed by atoms with Gasteiger partial charge in [-0.1, -0.05) is 66.2 Å². The SMILES string of the molecule is CCCCC(CC)COC(=O)CC(C(=O)OCC(CC)CCCC)S(=O)(=O)O.COC(=O)O.[H-].[Na+]. The van der Waals surface area contributed by atoms with Crippen LogP contribution in [0.25, 0.3) is 0 Å². The smallest absolute Gasteiger partial charge is 1.00 e. The van der Waals surface area contributed by atoms with Gasteiger partial charge in [-0.25, -0.2) is 4.79 Å². The molecule has 34 heavy (non-hydrogen) atoms. The molecular weight excluding hydrogens is 479 g/mol. The summed E-state index contributed by atoms with van der Waals surface area (Å²) in [7, 11) is -3.66. The van der Waals surface area contributed by atoms with Crippen LogP contribution in [0.4, 0.5) is 4.79 Å². The monoisotopic (exact) mass is 522 g/mol. The number of carbonyl (C=O) groups is 3. The summed E-state index contributed by atoms with van der Waals surface area (Å²) in [5.74, 6) is -1.61. The molecule has 10 nitrogen and oxygen atoms in total. The Kier molecular flexibility index (Phi) is 25.0. The minimum atomic E-state index is -4.76. The van der Waals surface area contributed by atoms with Crippen LogP contribution in [0.5, 0.6) is 0 Å². The predicted molar refractivity (Wildman–Crippen MR) is 125 cm³/mol. The van der Waals surface area contributed by atoms with Crippen LogP contribution >= 0.6 is 0 Å². The number of methoxy groups -OCH3 is 1. The quantitative estimate of drug-likeness (QED) is 0.132. The Morgan fingerprint density at radius 1 is 0.882 bits per heavy atom. The molecule has 0 saturated carbocycles. The first-order valence-corrected chi connectivity index (χ1v) is 13.0. The molecule has 0 bridgehead atoms. The van der Waals surface area contributed by atoms with E-state index in [1.54, 1.807) is 0 Å². The molecule has 0 spiro atoms. The molecular formula is C22H43NaO10S. The molecule has 0 aromatic carbocycles. The van der Waals surface area contributed by atoms with E-state index in [-0.39, 0.29) is 56.0 Å². The van der Waals surface area contributed by atoms with Crippen LogP contribution in [0.1, 0.15) is 86.9 Å². The third kappa shape index (κ3) is 20.5. The molecule has 0 aliphatic heterocycles. The predicted octanol–water partition coefficient (Wildman–Crippen LogP) is 1.58. The van der Waals surface area contributed by atoms with Crippen LogP contribution in [-0.4, -0.2) is 61.7 Å². The second-order valence-electron chi connectivity index (χ2n) is 7.82. The molecule has 3 unspecified atom stereocenters. The minimum Gasteiger partial charge on any atom is -1.00 e. The van der Waals surface area contributed by atoms with Gasteiger partial charge in [-0.05, 0) is 24.7 Å². The van der Waals surface area contributed by atoms with Crippen LogP contribution in [0.3, 0.4) is 0 Å². The first-order chi connectivity index (χ1) is 15.5. The number of carboxylic acid groups (broad SMARTS) is 1. The molecule has 198 valence electrons. The van der Waals surface area contributed by atoms with Crippen molar-refractivity contribution in [2.45, 2.75) is 90.7 Å². The van der Waals surface area contributed by atoms with Crippen LogP contribution in [0, 0.1) is 11.8 Å². The van der Waals surface area contributed by atoms with E-state index in [0.717, 1.165) is 58.5 Å². The maximum absolute atomic E-state index is 12.2. The van der Waals surface area contributed by atoms with Crippen molar-refractivity contribution >= 4 is 28.2 Å². The summed E-state index contributed by atoms with van der Waals surface area (Å²) in [5, 5.41) is 5.55. The molecule has 0 heterocycles. The molecule has 0 aromatic rings. The van der Waals surface area contributed by atoms with Gasteiger partial charge in [0.15, 0.2) is 5.25 Å². The van der Waals surface area contributed by atoms with Crippen molar-refractivity contribution in [1.82, 2.24) is 0 Å². The molecule has 2 N–H and O–H groups in total. The summed E-state index contributed by atoms with van der Waals surface area (Å²) in [6, 6.07) is 0. The van der Waals surface area contributed by atoms with Gasteiger partial charge in [-0.15, -0.1) is 0 Å². The van der Waals surface area contributed by atoms with Gasteiger partial charge in [0.1, 0.15) is 0 Å². The molecule has 12 heteroatoms. The zero-order chi connectivity index (χ0) is 25.9. The Balaban J connectivity index is -0.000000619. The van der Waals surface area contributed by atoms with E-state index < -0.39 is 39.9 Å². The summed E-state index contributed by atoms with van der Waals surface area (Å²) in [4.78, 5) is 33.4. The van der Waals surface area contributed by atoms with Gasteiger partial charge >= 0.3 is 47.7 Å². The van der Waals surface area contributed by atoms with Gasteiger partial charge < -0.3 is 20.7 Å². The van der Waals surface area contributed by atoms with Gasteiger partial charge in [0.05, 0.1) is 26.7 Å². The van der Waals surface area contributed by atoms with Crippen molar-refractivity contribution in [1.29, 1.82) is 0 Å². The second-order valence-corrected chi connectivity index (χ2v) is 9.42. The van der Waals surface area contributed by atoms with Crippen molar-refractivity contribution in [2.24, 2.45) is 11.8 Å². The number of esters is 2. The van der Waals surface area contributed by atoms with E-state index in [9.17, 15) is 22.6 Å². The number of hydrogen-bond acceptors (Lipinski definition) is 8. The number of ether oxygens (including phenoxy) is 3. The summed E-state index contributed by atoms with van der Waals surface area (Å²) in [6.07, 6.45) is 5.50. The van der Waals surface area contributed by atoms with Crippen LogP contribution in [0.15, 0.2) is 0 Å². The van der Waals surface area contributed by atoms with Gasteiger partial charge in [0.25, 0.3) is 10.1 Å². The van der Waals surface area contributed by atoms with Crippen LogP contribution < -0.4 is 29.6 Å². The first kappa shape index (κ1) is 37.7. The Bertz CT molecular complexity index is 661. The van der Waals surface area contributed by atoms with Crippen molar-refractivity contribution < 1.29 is 77.7 Å². The zero-order valence-corrected chi connectivity index (χ0v) is 24.4. The number of rotatable bonds is 16. The van der Waals surface area contributed by atoms with E-state index in [0.29, 0.717) is 0 Å². The molecule has 0 fully saturated rings. The Morgan fingerprint density at radius 3 is 1.62 bits per heavy atom. The normalized spacial score (nSPS) is 13.2. The topological polar surface area (TPSA) is 154 Å². The van der Waals surface area contributed by atoms with E-state index in [4.69, 9.17) is 19.4 Å². The largest absolute Gasteiger partial charge is 1.00 e. The molecule has 0 rings (SSSR count). The van der Waals surface area contributed by atoms with Crippen molar-refractivity contribution in [2.75, 3.05) is 20.3 Å². The Hall–Kier alpha value is -0.880. The zero-order valence-electron chi connectivity index (χ0n) is 22.6. The van der Waals surface area contributed by atoms with E-state index in [1.807, 2.05) is 13.8 Å². The Labute approximate surface area is 228 Å². The maximum atomic E-state index is 12.2.